The van der Waals surface area contributed by atoms with Gasteiger partial charge in [-0.25, -0.2) is 0 Å². The van der Waals surface area contributed by atoms with E-state index in [-0.39, 0.29) is 0 Å². The summed E-state index contributed by atoms with van der Waals surface area (Å²) in [6, 6.07) is 12.6. The molecule has 24 heavy (non-hydrogen) atoms. The van der Waals surface area contributed by atoms with Gasteiger partial charge in [0.1, 0.15) is 5.75 Å². The van der Waals surface area contributed by atoms with E-state index < -0.39 is 11.8 Å². The van der Waals surface area contributed by atoms with Crippen molar-refractivity contribution in [3.8, 4) is 5.75 Å². The first kappa shape index (κ1) is 17.7. The summed E-state index contributed by atoms with van der Waals surface area (Å²) in [6.45, 7) is 1.95. The Bertz CT molecular complexity index is 788. The van der Waals surface area contributed by atoms with Crippen molar-refractivity contribution >= 4 is 33.8 Å². The molecule has 6 heteroatoms. The van der Waals surface area contributed by atoms with Gasteiger partial charge in [-0.2, -0.15) is 0 Å². The van der Waals surface area contributed by atoms with Crippen LogP contribution < -0.4 is 15.6 Å². The fraction of sp³-hybridized carbons (Fsp3) is 0.111. The maximum atomic E-state index is 12.0. The fourth-order valence-electron chi connectivity index (χ4n) is 2.02. The third-order valence-corrected chi connectivity index (χ3v) is 3.91. The third-order valence-electron chi connectivity index (χ3n) is 3.22. The van der Waals surface area contributed by atoms with Crippen LogP contribution >= 0.6 is 15.9 Å². The minimum absolute atomic E-state index is 0.405. The predicted octanol–water partition coefficient (Wildman–Crippen LogP) is 3.24. The Hall–Kier alpha value is -2.60. The van der Waals surface area contributed by atoms with E-state index in [9.17, 15) is 9.59 Å². The number of amides is 2. The first-order valence-corrected chi connectivity index (χ1v) is 7.98. The lowest BCUT2D eigenvalue weighted by Gasteiger charge is -2.07. The number of hydrogen-bond acceptors (Lipinski definition) is 3. The van der Waals surface area contributed by atoms with Crippen LogP contribution in [0.4, 0.5) is 0 Å². The Kier molecular flexibility index (Phi) is 6.14. The number of ether oxygens (including phenoxy) is 1. The molecular formula is C18H17BrN2O3. The van der Waals surface area contributed by atoms with Crippen LogP contribution in [0.25, 0.3) is 6.08 Å². The van der Waals surface area contributed by atoms with Crippen LogP contribution in [-0.4, -0.2) is 18.9 Å². The number of hydrogen-bond donors (Lipinski definition) is 2. The summed E-state index contributed by atoms with van der Waals surface area (Å²) >= 11 is 3.29. The quantitative estimate of drug-likeness (QED) is 0.623. The molecule has 2 amide bonds. The van der Waals surface area contributed by atoms with E-state index in [2.05, 4.69) is 26.8 Å². The standard InChI is InChI=1S/C18H17BrN2O3/c1-12-7-9-16(24-2)13(11-12)8-10-17(22)20-21-18(23)14-5-3-4-6-15(14)19/h3-11H,1-2H3,(H,20,22)(H,21,23)/b10-8+. The Morgan fingerprint density at radius 2 is 1.88 bits per heavy atom. The van der Waals surface area contributed by atoms with E-state index in [1.807, 2.05) is 25.1 Å². The van der Waals surface area contributed by atoms with Crippen LogP contribution in [0.5, 0.6) is 5.75 Å². The number of methoxy groups -OCH3 is 1. The SMILES string of the molecule is COc1ccc(C)cc1/C=C/C(=O)NNC(=O)c1ccccc1Br. The lowest BCUT2D eigenvalue weighted by molar-refractivity contribution is -0.117. The topological polar surface area (TPSA) is 67.4 Å². The van der Waals surface area contributed by atoms with Crippen molar-refractivity contribution in [1.82, 2.24) is 10.9 Å². The minimum Gasteiger partial charge on any atom is -0.496 e. The Morgan fingerprint density at radius 3 is 2.58 bits per heavy atom. The van der Waals surface area contributed by atoms with Crippen LogP contribution in [0.15, 0.2) is 53.0 Å². The van der Waals surface area contributed by atoms with Gasteiger partial charge in [-0.15, -0.1) is 0 Å². The largest absolute Gasteiger partial charge is 0.496 e. The van der Waals surface area contributed by atoms with Crippen molar-refractivity contribution in [2.75, 3.05) is 7.11 Å². The molecule has 0 bridgehead atoms. The Morgan fingerprint density at radius 1 is 1.12 bits per heavy atom. The third kappa shape index (κ3) is 4.70. The summed E-state index contributed by atoms with van der Waals surface area (Å²) in [4.78, 5) is 23.8. The van der Waals surface area contributed by atoms with E-state index >= 15 is 0 Å². The van der Waals surface area contributed by atoms with Crippen molar-refractivity contribution in [3.63, 3.8) is 0 Å². The molecule has 2 rings (SSSR count). The maximum absolute atomic E-state index is 12.0. The molecule has 0 spiro atoms. The second-order valence-electron chi connectivity index (χ2n) is 5.00. The second-order valence-corrected chi connectivity index (χ2v) is 5.86. The zero-order valence-corrected chi connectivity index (χ0v) is 14.9. The van der Waals surface area contributed by atoms with Gasteiger partial charge in [-0.05, 0) is 53.2 Å². The average molecular weight is 389 g/mol. The van der Waals surface area contributed by atoms with Crippen molar-refractivity contribution in [1.29, 1.82) is 0 Å². The first-order valence-electron chi connectivity index (χ1n) is 7.19. The highest BCUT2D eigenvalue weighted by Gasteiger charge is 2.09. The van der Waals surface area contributed by atoms with Gasteiger partial charge < -0.3 is 4.74 Å². The number of halogens is 1. The predicted molar refractivity (Wildman–Crippen MR) is 96.5 cm³/mol. The van der Waals surface area contributed by atoms with Gasteiger partial charge in [0, 0.05) is 16.1 Å². The first-order chi connectivity index (χ1) is 11.5. The van der Waals surface area contributed by atoms with Gasteiger partial charge in [0.15, 0.2) is 0 Å². The molecule has 0 aromatic heterocycles. The van der Waals surface area contributed by atoms with Gasteiger partial charge in [-0.1, -0.05) is 23.8 Å². The van der Waals surface area contributed by atoms with E-state index in [1.165, 1.54) is 6.08 Å². The number of benzene rings is 2. The monoisotopic (exact) mass is 388 g/mol. The molecule has 0 fully saturated rings. The zero-order chi connectivity index (χ0) is 17.5. The molecule has 0 radical (unpaired) electrons. The minimum atomic E-state index is -0.445. The molecule has 0 aliphatic carbocycles. The number of nitrogens with one attached hydrogen (secondary N) is 2. The van der Waals surface area contributed by atoms with E-state index in [4.69, 9.17) is 4.74 Å². The molecule has 124 valence electrons. The summed E-state index contributed by atoms with van der Waals surface area (Å²) in [7, 11) is 1.57. The van der Waals surface area contributed by atoms with Gasteiger partial charge in [0.25, 0.3) is 11.8 Å². The molecule has 2 N–H and O–H groups in total. The molecule has 0 heterocycles. The molecular weight excluding hydrogens is 372 g/mol. The maximum Gasteiger partial charge on any atom is 0.270 e. The van der Waals surface area contributed by atoms with E-state index in [0.29, 0.717) is 15.8 Å². The Balaban J connectivity index is 1.98. The summed E-state index contributed by atoms with van der Waals surface area (Å²) in [5, 5.41) is 0. The number of aryl methyl sites for hydroxylation is 1. The summed E-state index contributed by atoms with van der Waals surface area (Å²) in [5.74, 6) is -0.182. The van der Waals surface area contributed by atoms with Crippen LogP contribution in [0, 0.1) is 6.92 Å². The summed E-state index contributed by atoms with van der Waals surface area (Å²) in [5.41, 5.74) is 6.98. The van der Waals surface area contributed by atoms with E-state index in [1.54, 1.807) is 37.5 Å². The average Bonchev–Trinajstić information content (AvgIpc) is 2.58. The molecule has 0 aliphatic heterocycles. The fourth-order valence-corrected chi connectivity index (χ4v) is 2.49. The summed E-state index contributed by atoms with van der Waals surface area (Å²) < 4.78 is 5.89. The second kappa shape index (κ2) is 8.31. The molecule has 0 aliphatic rings. The van der Waals surface area contributed by atoms with Crippen molar-refractivity contribution < 1.29 is 14.3 Å². The van der Waals surface area contributed by atoms with E-state index in [0.717, 1.165) is 11.1 Å². The Labute approximate surface area is 148 Å². The van der Waals surface area contributed by atoms with Crippen LogP contribution in [0.1, 0.15) is 21.5 Å². The number of hydrazine groups is 1. The lowest BCUT2D eigenvalue weighted by atomic mass is 10.1. The molecule has 0 unspecified atom stereocenters. The zero-order valence-electron chi connectivity index (χ0n) is 13.3. The highest BCUT2D eigenvalue weighted by Crippen LogP contribution is 2.20. The molecule has 0 atom stereocenters. The van der Waals surface area contributed by atoms with Crippen molar-refractivity contribution in [3.05, 3.63) is 69.7 Å². The highest BCUT2D eigenvalue weighted by atomic mass is 79.9. The van der Waals surface area contributed by atoms with Gasteiger partial charge in [0.05, 0.1) is 12.7 Å². The number of carbonyl (C=O) groups excluding carboxylic acids is 2. The lowest BCUT2D eigenvalue weighted by Crippen LogP contribution is -2.40. The summed E-state index contributed by atoms with van der Waals surface area (Å²) in [6.07, 6.45) is 2.96. The van der Waals surface area contributed by atoms with Crippen LogP contribution in [0.3, 0.4) is 0 Å². The molecule has 0 saturated carbocycles. The van der Waals surface area contributed by atoms with Gasteiger partial charge in [-0.3, -0.25) is 20.4 Å². The molecule has 0 saturated heterocycles. The van der Waals surface area contributed by atoms with Gasteiger partial charge in [0.2, 0.25) is 0 Å². The van der Waals surface area contributed by atoms with Crippen LogP contribution in [-0.2, 0) is 4.79 Å². The normalized spacial score (nSPS) is 10.5. The highest BCUT2D eigenvalue weighted by molar-refractivity contribution is 9.10. The number of carbonyl (C=O) groups is 2. The molecule has 2 aromatic carbocycles. The van der Waals surface area contributed by atoms with Crippen molar-refractivity contribution in [2.45, 2.75) is 6.92 Å². The smallest absolute Gasteiger partial charge is 0.270 e. The molecule has 5 nitrogen and oxygen atoms in total. The van der Waals surface area contributed by atoms with Gasteiger partial charge >= 0.3 is 0 Å². The van der Waals surface area contributed by atoms with Crippen LogP contribution in [0.2, 0.25) is 0 Å². The molecule has 2 aromatic rings. The van der Waals surface area contributed by atoms with Crippen molar-refractivity contribution in [2.24, 2.45) is 0 Å². The number of rotatable bonds is 4.